The SMILES string of the molecule is [CH2]c1cc(-c2ccccc2F)n(S(=O)(=O)c2cccc(-c3cnn(C)c3)c2)c1. The van der Waals surface area contributed by atoms with Gasteiger partial charge in [0.25, 0.3) is 10.0 Å². The van der Waals surface area contributed by atoms with E-state index >= 15 is 0 Å². The van der Waals surface area contributed by atoms with Crippen molar-refractivity contribution in [1.82, 2.24) is 13.8 Å². The second-order valence-electron chi connectivity index (χ2n) is 6.44. The van der Waals surface area contributed by atoms with Crippen LogP contribution in [0.1, 0.15) is 5.56 Å². The molecule has 0 saturated carbocycles. The Kier molecular flexibility index (Phi) is 4.39. The van der Waals surface area contributed by atoms with Crippen LogP contribution in [0, 0.1) is 12.7 Å². The summed E-state index contributed by atoms with van der Waals surface area (Å²) in [6, 6.07) is 14.2. The molecule has 0 saturated heterocycles. The van der Waals surface area contributed by atoms with Gasteiger partial charge in [-0.2, -0.15) is 5.10 Å². The molecule has 4 rings (SSSR count). The van der Waals surface area contributed by atoms with Crippen molar-refractivity contribution >= 4 is 10.0 Å². The van der Waals surface area contributed by atoms with Gasteiger partial charge in [0.05, 0.1) is 16.8 Å². The Morgan fingerprint density at radius 3 is 2.50 bits per heavy atom. The van der Waals surface area contributed by atoms with E-state index in [1.807, 2.05) is 6.07 Å². The van der Waals surface area contributed by atoms with Crippen molar-refractivity contribution in [3.05, 3.63) is 91.5 Å². The van der Waals surface area contributed by atoms with Crippen LogP contribution in [0.3, 0.4) is 0 Å². The number of aromatic nitrogens is 3. The third kappa shape index (κ3) is 3.14. The molecular weight excluding hydrogens is 377 g/mol. The van der Waals surface area contributed by atoms with Crippen LogP contribution in [0.5, 0.6) is 0 Å². The predicted molar refractivity (Wildman–Crippen MR) is 106 cm³/mol. The van der Waals surface area contributed by atoms with Gasteiger partial charge in [-0.05, 0) is 48.4 Å². The lowest BCUT2D eigenvalue weighted by Crippen LogP contribution is -2.13. The van der Waals surface area contributed by atoms with Crippen molar-refractivity contribution in [2.45, 2.75) is 4.90 Å². The fraction of sp³-hybridized carbons (Fsp3) is 0.0476. The molecule has 4 aromatic rings. The van der Waals surface area contributed by atoms with E-state index in [9.17, 15) is 12.8 Å². The minimum Gasteiger partial charge on any atom is -0.275 e. The molecule has 0 unspecified atom stereocenters. The van der Waals surface area contributed by atoms with E-state index in [-0.39, 0.29) is 16.2 Å². The first-order valence-electron chi connectivity index (χ1n) is 8.50. The highest BCUT2D eigenvalue weighted by molar-refractivity contribution is 7.90. The molecule has 2 heterocycles. The summed E-state index contributed by atoms with van der Waals surface area (Å²) in [5.41, 5.74) is 2.44. The smallest absolute Gasteiger partial charge is 0.268 e. The third-order valence-corrected chi connectivity index (χ3v) is 6.09. The molecule has 0 N–H and O–H groups in total. The van der Waals surface area contributed by atoms with Gasteiger partial charge in [0.15, 0.2) is 0 Å². The summed E-state index contributed by atoms with van der Waals surface area (Å²) in [6.07, 6.45) is 4.87. The maximum Gasteiger partial charge on any atom is 0.268 e. The van der Waals surface area contributed by atoms with Crippen LogP contribution < -0.4 is 0 Å². The van der Waals surface area contributed by atoms with Gasteiger partial charge in [-0.3, -0.25) is 4.68 Å². The number of nitrogens with zero attached hydrogens (tertiary/aromatic N) is 3. The standard InChI is InChI=1S/C21H17FN3O2S/c1-15-10-21(19-8-3-4-9-20(19)22)25(13-15)28(26,27)18-7-5-6-16(11-18)17-12-23-24(2)14-17/h3-14H,1H2,2H3. The van der Waals surface area contributed by atoms with Gasteiger partial charge in [0, 0.05) is 30.6 Å². The summed E-state index contributed by atoms with van der Waals surface area (Å²) in [5.74, 6) is -0.499. The molecule has 1 radical (unpaired) electrons. The molecule has 2 aromatic heterocycles. The number of rotatable bonds is 4. The molecule has 0 aliphatic heterocycles. The molecule has 0 spiro atoms. The van der Waals surface area contributed by atoms with Crippen molar-refractivity contribution in [3.8, 4) is 22.4 Å². The zero-order chi connectivity index (χ0) is 19.9. The number of hydrogen-bond acceptors (Lipinski definition) is 3. The highest BCUT2D eigenvalue weighted by Gasteiger charge is 2.23. The third-order valence-electron chi connectivity index (χ3n) is 4.42. The van der Waals surface area contributed by atoms with E-state index in [1.165, 1.54) is 18.3 Å². The van der Waals surface area contributed by atoms with Gasteiger partial charge in [-0.25, -0.2) is 16.8 Å². The van der Waals surface area contributed by atoms with Gasteiger partial charge >= 0.3 is 0 Å². The van der Waals surface area contributed by atoms with Crippen molar-refractivity contribution in [1.29, 1.82) is 0 Å². The average molecular weight is 394 g/mol. The van der Waals surface area contributed by atoms with E-state index in [0.29, 0.717) is 5.56 Å². The Bertz CT molecular complexity index is 1270. The van der Waals surface area contributed by atoms with E-state index in [2.05, 4.69) is 12.0 Å². The van der Waals surface area contributed by atoms with Crippen LogP contribution in [0.4, 0.5) is 4.39 Å². The zero-order valence-electron chi connectivity index (χ0n) is 15.1. The van der Waals surface area contributed by atoms with Gasteiger partial charge in [0.2, 0.25) is 0 Å². The molecule has 141 valence electrons. The van der Waals surface area contributed by atoms with Gasteiger partial charge < -0.3 is 0 Å². The molecule has 0 aliphatic rings. The summed E-state index contributed by atoms with van der Waals surface area (Å²) >= 11 is 0. The van der Waals surface area contributed by atoms with Crippen LogP contribution in [-0.2, 0) is 17.1 Å². The van der Waals surface area contributed by atoms with Gasteiger partial charge in [-0.1, -0.05) is 24.3 Å². The van der Waals surface area contributed by atoms with Crippen LogP contribution in [0.15, 0.2) is 78.1 Å². The van der Waals surface area contributed by atoms with Gasteiger partial charge in [0.1, 0.15) is 5.82 Å². The molecule has 0 fully saturated rings. The van der Waals surface area contributed by atoms with Crippen LogP contribution in [0.25, 0.3) is 22.4 Å². The second-order valence-corrected chi connectivity index (χ2v) is 8.26. The Morgan fingerprint density at radius 2 is 1.79 bits per heavy atom. The first-order valence-corrected chi connectivity index (χ1v) is 9.94. The number of hydrogen-bond donors (Lipinski definition) is 0. The molecule has 5 nitrogen and oxygen atoms in total. The number of benzene rings is 2. The predicted octanol–water partition coefficient (Wildman–Crippen LogP) is 4.11. The minimum absolute atomic E-state index is 0.0991. The summed E-state index contributed by atoms with van der Waals surface area (Å²) in [6.45, 7) is 3.81. The van der Waals surface area contributed by atoms with E-state index in [4.69, 9.17) is 0 Å². The van der Waals surface area contributed by atoms with Crippen LogP contribution in [0.2, 0.25) is 0 Å². The van der Waals surface area contributed by atoms with Crippen molar-refractivity contribution < 1.29 is 12.8 Å². The molecule has 7 heteroatoms. The largest absolute Gasteiger partial charge is 0.275 e. The number of halogens is 1. The lowest BCUT2D eigenvalue weighted by Gasteiger charge is -2.12. The molecule has 0 atom stereocenters. The van der Waals surface area contributed by atoms with Crippen molar-refractivity contribution in [2.24, 2.45) is 7.05 Å². The van der Waals surface area contributed by atoms with E-state index < -0.39 is 15.8 Å². The monoisotopic (exact) mass is 394 g/mol. The maximum absolute atomic E-state index is 14.3. The van der Waals surface area contributed by atoms with E-state index in [0.717, 1.165) is 15.1 Å². The lowest BCUT2D eigenvalue weighted by atomic mass is 10.1. The second kappa shape index (κ2) is 6.76. The van der Waals surface area contributed by atoms with Crippen LogP contribution in [-0.4, -0.2) is 22.2 Å². The quantitative estimate of drug-likeness (QED) is 0.523. The Labute approximate surface area is 162 Å². The molecule has 0 aliphatic carbocycles. The summed E-state index contributed by atoms with van der Waals surface area (Å²) in [4.78, 5) is 0.0991. The highest BCUT2D eigenvalue weighted by Crippen LogP contribution is 2.30. The van der Waals surface area contributed by atoms with Crippen molar-refractivity contribution in [3.63, 3.8) is 0 Å². The zero-order valence-corrected chi connectivity index (χ0v) is 15.9. The fourth-order valence-electron chi connectivity index (χ4n) is 3.08. The minimum atomic E-state index is -3.95. The average Bonchev–Trinajstić information content (AvgIpc) is 3.28. The molecule has 0 amide bonds. The summed E-state index contributed by atoms with van der Waals surface area (Å²) < 4.78 is 43.7. The molecule has 0 bridgehead atoms. The Balaban J connectivity index is 1.86. The first kappa shape index (κ1) is 18.2. The molecular formula is C21H17FN3O2S. The molecule has 2 aromatic carbocycles. The van der Waals surface area contributed by atoms with Crippen LogP contribution >= 0.6 is 0 Å². The fourth-order valence-corrected chi connectivity index (χ4v) is 4.52. The lowest BCUT2D eigenvalue weighted by molar-refractivity contribution is 0.587. The number of aryl methyl sites for hydroxylation is 1. The topological polar surface area (TPSA) is 56.9 Å². The highest BCUT2D eigenvalue weighted by atomic mass is 32.2. The normalized spacial score (nSPS) is 11.7. The van der Waals surface area contributed by atoms with Crippen molar-refractivity contribution in [2.75, 3.05) is 0 Å². The first-order chi connectivity index (χ1) is 13.4. The van der Waals surface area contributed by atoms with Gasteiger partial charge in [-0.15, -0.1) is 0 Å². The van der Waals surface area contributed by atoms with E-state index in [1.54, 1.807) is 60.5 Å². The maximum atomic E-state index is 14.3. The summed E-state index contributed by atoms with van der Waals surface area (Å²) in [5, 5.41) is 4.12. The Hall–Kier alpha value is -3.19. The summed E-state index contributed by atoms with van der Waals surface area (Å²) in [7, 11) is -2.16. The Morgan fingerprint density at radius 1 is 1.00 bits per heavy atom. The molecule has 28 heavy (non-hydrogen) atoms.